The predicted octanol–water partition coefficient (Wildman–Crippen LogP) is 1.71. The molecule has 1 rings (SSSR count). The fourth-order valence-corrected chi connectivity index (χ4v) is 2.03. The maximum absolute atomic E-state index is 8.25. The maximum atomic E-state index is 8.25. The number of nitrogens with one attached hydrogen (secondary N) is 2. The van der Waals surface area contributed by atoms with Crippen molar-refractivity contribution >= 4 is 17.7 Å². The highest BCUT2D eigenvalue weighted by Gasteiger charge is 2.00. The number of rotatable bonds is 5. The molecule has 0 amide bonds. The number of hydrogen-bond donors (Lipinski definition) is 2. The number of thioether (sulfide) groups is 1. The van der Waals surface area contributed by atoms with E-state index >= 15 is 0 Å². The Morgan fingerprint density at radius 2 is 2.50 bits per heavy atom. The standard InChI is InChI=1S/C10H15N7S/c1-8-9(15-7-14-8)18-5-3-4-13-10(12-2)17-16-6-11/h7H,3-5H2,1-2H3,(H,12,13)(H,14,15). The van der Waals surface area contributed by atoms with E-state index < -0.39 is 0 Å². The molecule has 1 aromatic rings. The fraction of sp³-hybridized carbons (Fsp3) is 0.500. The average Bonchev–Trinajstić information content (AvgIpc) is 2.78. The van der Waals surface area contributed by atoms with Gasteiger partial charge in [0.25, 0.3) is 0 Å². The molecule has 2 N–H and O–H groups in total. The lowest BCUT2D eigenvalue weighted by atomic mass is 10.5. The van der Waals surface area contributed by atoms with Gasteiger partial charge in [-0.3, -0.25) is 0 Å². The van der Waals surface area contributed by atoms with E-state index in [-0.39, 0.29) is 0 Å². The van der Waals surface area contributed by atoms with Crippen LogP contribution in [0.4, 0.5) is 0 Å². The summed E-state index contributed by atoms with van der Waals surface area (Å²) in [6.07, 6.45) is 4.19. The minimum atomic E-state index is 0.374. The van der Waals surface area contributed by atoms with Crippen molar-refractivity contribution in [3.8, 4) is 6.19 Å². The molecule has 8 heteroatoms. The molecular formula is C10H15N7S. The van der Waals surface area contributed by atoms with Crippen LogP contribution in [0.15, 0.2) is 26.6 Å². The first-order valence-electron chi connectivity index (χ1n) is 5.42. The monoisotopic (exact) mass is 265 g/mol. The third-order valence-corrected chi connectivity index (χ3v) is 3.20. The maximum Gasteiger partial charge on any atom is 0.238 e. The number of guanidine groups is 1. The number of azo groups is 1. The Hall–Kier alpha value is -1.88. The lowest BCUT2D eigenvalue weighted by molar-refractivity contribution is 0.917. The average molecular weight is 265 g/mol. The molecule has 0 aliphatic heterocycles. The molecule has 0 atom stereocenters. The quantitative estimate of drug-likeness (QED) is 0.211. The largest absolute Gasteiger partial charge is 0.356 e. The number of aryl methyl sites for hydroxylation is 1. The van der Waals surface area contributed by atoms with Crippen LogP contribution in [0, 0.1) is 18.4 Å². The molecule has 0 spiro atoms. The van der Waals surface area contributed by atoms with Gasteiger partial charge in [-0.2, -0.15) is 5.26 Å². The smallest absolute Gasteiger partial charge is 0.238 e. The van der Waals surface area contributed by atoms with Crippen molar-refractivity contribution in [3.05, 3.63) is 12.0 Å². The molecule has 0 aliphatic carbocycles. The second-order valence-electron chi connectivity index (χ2n) is 3.27. The van der Waals surface area contributed by atoms with E-state index in [1.54, 1.807) is 31.3 Å². The molecule has 7 nitrogen and oxygen atoms in total. The van der Waals surface area contributed by atoms with Crippen LogP contribution in [0.5, 0.6) is 0 Å². The Morgan fingerprint density at radius 1 is 1.67 bits per heavy atom. The first-order chi connectivity index (χ1) is 8.77. The van der Waals surface area contributed by atoms with Crippen LogP contribution < -0.4 is 5.32 Å². The Bertz CT molecular complexity index is 457. The SMILES string of the molecule is CNC(N=NC#N)=NCCCSc1[nH]cnc1C. The van der Waals surface area contributed by atoms with Gasteiger partial charge in [-0.05, 0) is 13.3 Å². The van der Waals surface area contributed by atoms with Crippen molar-refractivity contribution in [1.82, 2.24) is 15.3 Å². The summed E-state index contributed by atoms with van der Waals surface area (Å²) in [5.41, 5.74) is 1.02. The summed E-state index contributed by atoms with van der Waals surface area (Å²) >= 11 is 1.72. The van der Waals surface area contributed by atoms with Gasteiger partial charge in [-0.25, -0.2) is 9.98 Å². The van der Waals surface area contributed by atoms with Crippen LogP contribution in [-0.4, -0.2) is 35.3 Å². The van der Waals surface area contributed by atoms with E-state index in [9.17, 15) is 0 Å². The molecule has 96 valence electrons. The normalized spacial score (nSPS) is 11.7. The Balaban J connectivity index is 2.26. The van der Waals surface area contributed by atoms with Gasteiger partial charge in [0.05, 0.1) is 17.0 Å². The van der Waals surface area contributed by atoms with E-state index in [0.29, 0.717) is 12.5 Å². The van der Waals surface area contributed by atoms with Gasteiger partial charge < -0.3 is 10.3 Å². The number of hydrogen-bond acceptors (Lipinski definition) is 5. The zero-order valence-electron chi connectivity index (χ0n) is 10.3. The lowest BCUT2D eigenvalue weighted by Crippen LogP contribution is -2.15. The van der Waals surface area contributed by atoms with Crippen molar-refractivity contribution in [1.29, 1.82) is 5.26 Å². The van der Waals surface area contributed by atoms with Crippen LogP contribution in [0.1, 0.15) is 12.1 Å². The highest BCUT2D eigenvalue weighted by Crippen LogP contribution is 2.18. The molecule has 0 saturated heterocycles. The lowest BCUT2D eigenvalue weighted by Gasteiger charge is -1.99. The fourth-order valence-electron chi connectivity index (χ4n) is 1.15. The molecule has 0 saturated carbocycles. The van der Waals surface area contributed by atoms with Crippen molar-refractivity contribution in [2.45, 2.75) is 18.4 Å². The Kier molecular flexibility index (Phi) is 6.50. The number of nitriles is 1. The van der Waals surface area contributed by atoms with Crippen LogP contribution in [-0.2, 0) is 0 Å². The van der Waals surface area contributed by atoms with Crippen molar-refractivity contribution in [2.75, 3.05) is 19.3 Å². The van der Waals surface area contributed by atoms with Gasteiger partial charge in [-0.15, -0.1) is 16.9 Å². The van der Waals surface area contributed by atoms with E-state index in [1.165, 1.54) is 0 Å². The third-order valence-electron chi connectivity index (χ3n) is 2.01. The number of imidazole rings is 1. The highest BCUT2D eigenvalue weighted by atomic mass is 32.2. The number of aliphatic imine (C=N–C) groups is 1. The number of aromatic amines is 1. The zero-order chi connectivity index (χ0) is 13.2. The zero-order valence-corrected chi connectivity index (χ0v) is 11.2. The second-order valence-corrected chi connectivity index (χ2v) is 4.38. The van der Waals surface area contributed by atoms with Crippen LogP contribution in [0.25, 0.3) is 0 Å². The molecule has 1 heterocycles. The summed E-state index contributed by atoms with van der Waals surface area (Å²) < 4.78 is 0. The molecule has 0 aromatic carbocycles. The van der Waals surface area contributed by atoms with E-state index in [1.807, 2.05) is 6.92 Å². The summed E-state index contributed by atoms with van der Waals surface area (Å²) in [6, 6.07) is 0. The minimum Gasteiger partial charge on any atom is -0.356 e. The third kappa shape index (κ3) is 4.97. The summed E-state index contributed by atoms with van der Waals surface area (Å²) in [4.78, 5) is 11.4. The molecule has 1 aromatic heterocycles. The summed E-state index contributed by atoms with van der Waals surface area (Å²) in [6.45, 7) is 2.61. The van der Waals surface area contributed by atoms with Crippen LogP contribution in [0.2, 0.25) is 0 Å². The van der Waals surface area contributed by atoms with Gasteiger partial charge in [0.15, 0.2) is 0 Å². The van der Waals surface area contributed by atoms with E-state index in [0.717, 1.165) is 22.9 Å². The van der Waals surface area contributed by atoms with E-state index in [2.05, 4.69) is 30.5 Å². The number of aromatic nitrogens is 2. The molecule has 0 radical (unpaired) electrons. The van der Waals surface area contributed by atoms with Gasteiger partial charge in [0.1, 0.15) is 0 Å². The summed E-state index contributed by atoms with van der Waals surface area (Å²) in [5.74, 6) is 1.32. The topological polar surface area (TPSA) is 102 Å². The Labute approximate surface area is 110 Å². The number of nitrogens with zero attached hydrogens (tertiary/aromatic N) is 5. The van der Waals surface area contributed by atoms with Crippen LogP contribution in [0.3, 0.4) is 0 Å². The van der Waals surface area contributed by atoms with Crippen molar-refractivity contribution in [3.63, 3.8) is 0 Å². The van der Waals surface area contributed by atoms with Gasteiger partial charge in [0.2, 0.25) is 12.2 Å². The van der Waals surface area contributed by atoms with Gasteiger partial charge >= 0.3 is 0 Å². The second kappa shape index (κ2) is 8.25. The summed E-state index contributed by atoms with van der Waals surface area (Å²) in [7, 11) is 1.69. The van der Waals surface area contributed by atoms with Crippen molar-refractivity contribution < 1.29 is 0 Å². The molecule has 0 fully saturated rings. The first kappa shape index (κ1) is 14.2. The van der Waals surface area contributed by atoms with Crippen molar-refractivity contribution in [2.24, 2.45) is 15.2 Å². The molecule has 0 bridgehead atoms. The first-order valence-corrected chi connectivity index (χ1v) is 6.41. The highest BCUT2D eigenvalue weighted by molar-refractivity contribution is 7.99. The molecule has 0 unspecified atom stereocenters. The molecule has 18 heavy (non-hydrogen) atoms. The summed E-state index contributed by atoms with van der Waals surface area (Å²) in [5, 5.41) is 18.9. The van der Waals surface area contributed by atoms with Gasteiger partial charge in [-0.1, -0.05) is 5.11 Å². The van der Waals surface area contributed by atoms with Crippen LogP contribution >= 0.6 is 11.8 Å². The Morgan fingerprint density at radius 3 is 3.11 bits per heavy atom. The molecule has 0 aliphatic rings. The van der Waals surface area contributed by atoms with E-state index in [4.69, 9.17) is 5.26 Å². The predicted molar refractivity (Wildman–Crippen MR) is 70.5 cm³/mol. The number of H-pyrrole nitrogens is 1. The minimum absolute atomic E-state index is 0.374. The molecular weight excluding hydrogens is 250 g/mol. The van der Waals surface area contributed by atoms with Gasteiger partial charge in [0, 0.05) is 19.3 Å².